The van der Waals surface area contributed by atoms with Gasteiger partial charge in [0.15, 0.2) is 5.76 Å². The van der Waals surface area contributed by atoms with Gasteiger partial charge in [0.05, 0.1) is 12.3 Å². The number of hydrogen-bond acceptors (Lipinski definition) is 5. The lowest BCUT2D eigenvalue weighted by Gasteiger charge is -1.97. The van der Waals surface area contributed by atoms with Gasteiger partial charge in [0, 0.05) is 5.56 Å². The second-order valence-corrected chi connectivity index (χ2v) is 3.50. The predicted octanol–water partition coefficient (Wildman–Crippen LogP) is 1.95. The van der Waals surface area contributed by atoms with E-state index in [1.54, 1.807) is 30.3 Å². The van der Waals surface area contributed by atoms with E-state index in [1.165, 1.54) is 18.3 Å². The molecule has 0 radical (unpaired) electrons. The average Bonchev–Trinajstić information content (AvgIpc) is 2.89. The summed E-state index contributed by atoms with van der Waals surface area (Å²) in [6.45, 7) is 0. The number of furan rings is 1. The summed E-state index contributed by atoms with van der Waals surface area (Å²) in [7, 11) is 0. The highest BCUT2D eigenvalue weighted by molar-refractivity contribution is 5.94. The van der Waals surface area contributed by atoms with Crippen molar-refractivity contribution in [2.45, 2.75) is 0 Å². The van der Waals surface area contributed by atoms with Gasteiger partial charge in [-0.25, -0.2) is 5.43 Å². The van der Waals surface area contributed by atoms with Gasteiger partial charge in [-0.2, -0.15) is 5.10 Å². The third kappa shape index (κ3) is 3.25. The summed E-state index contributed by atoms with van der Waals surface area (Å²) in [5, 5.41) is 14.0. The van der Waals surface area contributed by atoms with Crippen molar-refractivity contribution in [1.29, 1.82) is 0 Å². The van der Waals surface area contributed by atoms with Crippen LogP contribution in [0.3, 0.4) is 0 Å². The van der Waals surface area contributed by atoms with E-state index in [-0.39, 0.29) is 17.6 Å². The lowest BCUT2D eigenvalue weighted by Crippen LogP contribution is -2.17. The molecule has 1 aromatic heterocycles. The molecule has 0 saturated carbocycles. The Morgan fingerprint density at radius 3 is 2.63 bits per heavy atom. The molecule has 0 fully saturated rings. The number of hydrogen-bond donors (Lipinski definition) is 1. The van der Waals surface area contributed by atoms with Gasteiger partial charge in [-0.15, -0.1) is 0 Å². The van der Waals surface area contributed by atoms with Crippen LogP contribution in [0.2, 0.25) is 0 Å². The lowest BCUT2D eigenvalue weighted by molar-refractivity contribution is -0.402. The number of nitro groups is 1. The van der Waals surface area contributed by atoms with Gasteiger partial charge in [-0.3, -0.25) is 14.9 Å². The number of nitrogens with zero attached hydrogens (tertiary/aromatic N) is 2. The van der Waals surface area contributed by atoms with E-state index < -0.39 is 4.92 Å². The molecule has 0 bridgehead atoms. The van der Waals surface area contributed by atoms with Crippen LogP contribution in [0.1, 0.15) is 16.1 Å². The first-order valence-corrected chi connectivity index (χ1v) is 5.29. The third-order valence-electron chi connectivity index (χ3n) is 2.19. The van der Waals surface area contributed by atoms with Gasteiger partial charge >= 0.3 is 5.88 Å². The number of carbonyl (C=O) groups is 1. The second kappa shape index (κ2) is 5.58. The Morgan fingerprint density at radius 1 is 1.26 bits per heavy atom. The van der Waals surface area contributed by atoms with Crippen LogP contribution >= 0.6 is 0 Å². The molecule has 0 spiro atoms. The normalized spacial score (nSPS) is 10.5. The Morgan fingerprint density at radius 2 is 2.00 bits per heavy atom. The molecule has 19 heavy (non-hydrogen) atoms. The molecule has 0 aliphatic rings. The summed E-state index contributed by atoms with van der Waals surface area (Å²) in [4.78, 5) is 21.3. The summed E-state index contributed by atoms with van der Waals surface area (Å²) in [6.07, 6.45) is 1.19. The minimum absolute atomic E-state index is 0.181. The molecule has 7 heteroatoms. The molecule has 2 aromatic rings. The first kappa shape index (κ1) is 12.5. The van der Waals surface area contributed by atoms with Gasteiger partial charge in [0.2, 0.25) is 0 Å². The monoisotopic (exact) mass is 259 g/mol. The summed E-state index contributed by atoms with van der Waals surface area (Å²) in [5.41, 5.74) is 2.75. The number of amides is 1. The van der Waals surface area contributed by atoms with Crippen LogP contribution in [-0.2, 0) is 0 Å². The molecule has 1 aromatic carbocycles. The van der Waals surface area contributed by atoms with Crippen LogP contribution in [0.25, 0.3) is 0 Å². The van der Waals surface area contributed by atoms with Crippen molar-refractivity contribution in [3.8, 4) is 0 Å². The first-order valence-electron chi connectivity index (χ1n) is 5.29. The van der Waals surface area contributed by atoms with Crippen LogP contribution in [-0.4, -0.2) is 17.0 Å². The van der Waals surface area contributed by atoms with Crippen LogP contribution < -0.4 is 5.43 Å². The molecule has 2 rings (SSSR count). The largest absolute Gasteiger partial charge is 0.433 e. The zero-order chi connectivity index (χ0) is 13.7. The Bertz CT molecular complexity index is 619. The molecule has 1 heterocycles. The molecule has 0 aliphatic heterocycles. The highest BCUT2D eigenvalue weighted by atomic mass is 16.6. The highest BCUT2D eigenvalue weighted by Crippen LogP contribution is 2.13. The Kier molecular flexibility index (Phi) is 3.67. The maximum Gasteiger partial charge on any atom is 0.433 e. The van der Waals surface area contributed by atoms with Crippen molar-refractivity contribution in [3.05, 3.63) is 63.9 Å². The fourth-order valence-electron chi connectivity index (χ4n) is 1.32. The molecule has 0 saturated heterocycles. The van der Waals surface area contributed by atoms with Crippen molar-refractivity contribution in [1.82, 2.24) is 5.43 Å². The van der Waals surface area contributed by atoms with Gasteiger partial charge < -0.3 is 4.42 Å². The summed E-state index contributed by atoms with van der Waals surface area (Å²) >= 11 is 0. The number of nitrogens with one attached hydrogen (secondary N) is 1. The summed E-state index contributed by atoms with van der Waals surface area (Å²) in [5.74, 6) is -0.575. The lowest BCUT2D eigenvalue weighted by atomic mass is 10.2. The third-order valence-corrected chi connectivity index (χ3v) is 2.19. The number of rotatable bonds is 4. The van der Waals surface area contributed by atoms with E-state index in [0.29, 0.717) is 5.56 Å². The predicted molar refractivity (Wildman–Crippen MR) is 66.9 cm³/mol. The fraction of sp³-hybridized carbons (Fsp3) is 0. The Labute approximate surface area is 107 Å². The van der Waals surface area contributed by atoms with Crippen molar-refractivity contribution in [2.24, 2.45) is 5.10 Å². The Balaban J connectivity index is 1.96. The van der Waals surface area contributed by atoms with E-state index in [4.69, 9.17) is 4.42 Å². The van der Waals surface area contributed by atoms with Crippen molar-refractivity contribution >= 4 is 18.0 Å². The van der Waals surface area contributed by atoms with Gasteiger partial charge in [-0.1, -0.05) is 18.2 Å². The van der Waals surface area contributed by atoms with Gasteiger partial charge in [0.25, 0.3) is 5.91 Å². The van der Waals surface area contributed by atoms with Crippen molar-refractivity contribution in [2.75, 3.05) is 0 Å². The van der Waals surface area contributed by atoms with E-state index in [1.807, 2.05) is 0 Å². The highest BCUT2D eigenvalue weighted by Gasteiger charge is 2.10. The van der Waals surface area contributed by atoms with E-state index in [2.05, 4.69) is 10.5 Å². The molecule has 0 unspecified atom stereocenters. The van der Waals surface area contributed by atoms with E-state index in [0.717, 1.165) is 0 Å². The SMILES string of the molecule is O=C(NN=Cc1ccc([N+](=O)[O-])o1)c1ccccc1. The van der Waals surface area contributed by atoms with E-state index in [9.17, 15) is 14.9 Å². The summed E-state index contributed by atoms with van der Waals surface area (Å²) in [6, 6.07) is 11.1. The number of carbonyl (C=O) groups excluding carboxylic acids is 1. The molecule has 0 atom stereocenters. The average molecular weight is 259 g/mol. The quantitative estimate of drug-likeness (QED) is 0.515. The molecule has 96 valence electrons. The van der Waals surface area contributed by atoms with Crippen LogP contribution in [0.15, 0.2) is 52.0 Å². The van der Waals surface area contributed by atoms with Crippen molar-refractivity contribution in [3.63, 3.8) is 0 Å². The van der Waals surface area contributed by atoms with Crippen LogP contribution in [0.4, 0.5) is 5.88 Å². The zero-order valence-corrected chi connectivity index (χ0v) is 9.65. The molecule has 7 nitrogen and oxygen atoms in total. The topological polar surface area (TPSA) is 97.7 Å². The zero-order valence-electron chi connectivity index (χ0n) is 9.65. The number of hydrazone groups is 1. The first-order chi connectivity index (χ1) is 9.16. The van der Waals surface area contributed by atoms with E-state index >= 15 is 0 Å². The standard InChI is InChI=1S/C12H9N3O4/c16-12(9-4-2-1-3-5-9)14-13-8-10-6-7-11(19-10)15(17)18/h1-8H,(H,14,16). The molecule has 0 aliphatic carbocycles. The van der Waals surface area contributed by atoms with Gasteiger partial charge in [-0.05, 0) is 18.2 Å². The minimum Gasteiger partial charge on any atom is -0.400 e. The molecular formula is C12H9N3O4. The summed E-state index contributed by atoms with van der Waals surface area (Å²) < 4.78 is 4.83. The van der Waals surface area contributed by atoms with Crippen molar-refractivity contribution < 1.29 is 14.1 Å². The number of benzene rings is 1. The maximum atomic E-state index is 11.6. The molecule has 1 N–H and O–H groups in total. The smallest absolute Gasteiger partial charge is 0.400 e. The second-order valence-electron chi connectivity index (χ2n) is 3.50. The Hall–Kier alpha value is -2.96. The maximum absolute atomic E-state index is 11.6. The van der Waals surface area contributed by atoms with Crippen LogP contribution in [0.5, 0.6) is 0 Å². The van der Waals surface area contributed by atoms with Crippen LogP contribution in [0, 0.1) is 10.1 Å². The molecular weight excluding hydrogens is 250 g/mol. The molecule has 1 amide bonds. The fourth-order valence-corrected chi connectivity index (χ4v) is 1.32. The van der Waals surface area contributed by atoms with Gasteiger partial charge in [0.1, 0.15) is 4.92 Å². The minimum atomic E-state index is -0.653.